The molecule has 1 unspecified atom stereocenters. The van der Waals surface area contributed by atoms with E-state index in [0.29, 0.717) is 5.92 Å². The van der Waals surface area contributed by atoms with Gasteiger partial charge in [-0.3, -0.25) is 0 Å². The van der Waals surface area contributed by atoms with Crippen LogP contribution in [0.25, 0.3) is 0 Å². The molecule has 1 heterocycles. The minimum atomic E-state index is 0.262. The lowest BCUT2D eigenvalue weighted by Gasteiger charge is -2.11. The molecule has 5 heteroatoms. The summed E-state index contributed by atoms with van der Waals surface area (Å²) in [6.45, 7) is 8.32. The first kappa shape index (κ1) is 16.7. The predicted molar refractivity (Wildman–Crippen MR) is 84.2 cm³/mol. The van der Waals surface area contributed by atoms with Crippen LogP contribution in [0.2, 0.25) is 0 Å². The first-order valence-corrected chi connectivity index (χ1v) is 7.66. The van der Waals surface area contributed by atoms with E-state index in [0.717, 1.165) is 56.2 Å². The quantitative estimate of drug-likeness (QED) is 0.575. The van der Waals surface area contributed by atoms with Crippen LogP contribution < -0.4 is 10.6 Å². The number of aliphatic hydroxyl groups is 1. The highest BCUT2D eigenvalue weighted by Crippen LogP contribution is 2.12. The molecule has 1 atom stereocenters. The number of anilines is 2. The van der Waals surface area contributed by atoms with Crippen LogP contribution in [0.3, 0.4) is 0 Å². The predicted octanol–water partition coefficient (Wildman–Crippen LogP) is 2.68. The Labute approximate surface area is 122 Å². The maximum absolute atomic E-state index is 8.99. The third-order valence-corrected chi connectivity index (χ3v) is 3.14. The van der Waals surface area contributed by atoms with Crippen molar-refractivity contribution in [3.8, 4) is 0 Å². The lowest BCUT2D eigenvalue weighted by Crippen LogP contribution is -2.10. The minimum Gasteiger partial charge on any atom is -0.396 e. The van der Waals surface area contributed by atoms with Crippen molar-refractivity contribution in [2.75, 3.05) is 30.3 Å². The Hall–Kier alpha value is -1.36. The fourth-order valence-electron chi connectivity index (χ4n) is 1.85. The lowest BCUT2D eigenvalue weighted by molar-refractivity contribution is 0.229. The third kappa shape index (κ3) is 6.19. The van der Waals surface area contributed by atoms with Crippen molar-refractivity contribution >= 4 is 11.6 Å². The zero-order valence-electron chi connectivity index (χ0n) is 12.9. The second-order valence-electron chi connectivity index (χ2n) is 5.19. The van der Waals surface area contributed by atoms with Crippen LogP contribution in [0, 0.1) is 5.92 Å². The van der Waals surface area contributed by atoms with E-state index in [-0.39, 0.29) is 6.61 Å². The summed E-state index contributed by atoms with van der Waals surface area (Å²) in [6, 6.07) is 1.96. The van der Waals surface area contributed by atoms with E-state index in [4.69, 9.17) is 5.11 Å². The zero-order chi connectivity index (χ0) is 14.8. The standard InChI is InChI=1S/C15H28N4O/c1-4-8-16-14-10-15(19-13(5-2)18-14)17-9-6-7-12(3)11-20/h10,12,20H,4-9,11H2,1-3H3,(H2,16,17,18,19). The van der Waals surface area contributed by atoms with E-state index in [9.17, 15) is 0 Å². The van der Waals surface area contributed by atoms with E-state index < -0.39 is 0 Å². The monoisotopic (exact) mass is 280 g/mol. The zero-order valence-corrected chi connectivity index (χ0v) is 12.9. The maximum atomic E-state index is 8.99. The topological polar surface area (TPSA) is 70.1 Å². The summed E-state index contributed by atoms with van der Waals surface area (Å²) in [6.07, 6.45) is 3.96. The van der Waals surface area contributed by atoms with Crippen molar-refractivity contribution in [1.82, 2.24) is 9.97 Å². The molecule has 0 spiro atoms. The second-order valence-corrected chi connectivity index (χ2v) is 5.19. The van der Waals surface area contributed by atoms with Gasteiger partial charge in [0, 0.05) is 32.2 Å². The number of aromatic nitrogens is 2. The van der Waals surface area contributed by atoms with Crippen molar-refractivity contribution in [2.45, 2.75) is 46.5 Å². The highest BCUT2D eigenvalue weighted by Gasteiger charge is 2.04. The van der Waals surface area contributed by atoms with Gasteiger partial charge in [0.05, 0.1) is 0 Å². The first-order valence-electron chi connectivity index (χ1n) is 7.66. The molecule has 0 aliphatic rings. The molecule has 1 aromatic heterocycles. The van der Waals surface area contributed by atoms with Gasteiger partial charge in [0.2, 0.25) is 0 Å². The Bertz CT molecular complexity index is 384. The van der Waals surface area contributed by atoms with Crippen molar-refractivity contribution in [3.05, 3.63) is 11.9 Å². The van der Waals surface area contributed by atoms with E-state index >= 15 is 0 Å². The summed E-state index contributed by atoms with van der Waals surface area (Å²) in [5.74, 6) is 3.00. The molecule has 114 valence electrons. The summed E-state index contributed by atoms with van der Waals surface area (Å²) < 4.78 is 0. The largest absolute Gasteiger partial charge is 0.396 e. The van der Waals surface area contributed by atoms with E-state index in [1.165, 1.54) is 0 Å². The van der Waals surface area contributed by atoms with Crippen LogP contribution >= 0.6 is 0 Å². The Morgan fingerprint density at radius 1 is 1.15 bits per heavy atom. The Morgan fingerprint density at radius 2 is 1.80 bits per heavy atom. The molecule has 20 heavy (non-hydrogen) atoms. The molecule has 1 rings (SSSR count). The number of aliphatic hydroxyl groups excluding tert-OH is 1. The van der Waals surface area contributed by atoms with Gasteiger partial charge >= 0.3 is 0 Å². The molecule has 0 bridgehead atoms. The molecule has 1 aromatic rings. The summed E-state index contributed by atoms with van der Waals surface area (Å²) in [7, 11) is 0. The minimum absolute atomic E-state index is 0.262. The smallest absolute Gasteiger partial charge is 0.132 e. The van der Waals surface area contributed by atoms with Crippen molar-refractivity contribution in [1.29, 1.82) is 0 Å². The summed E-state index contributed by atoms with van der Waals surface area (Å²) in [5, 5.41) is 15.6. The molecule has 0 saturated heterocycles. The number of nitrogens with one attached hydrogen (secondary N) is 2. The van der Waals surface area contributed by atoms with E-state index in [1.807, 2.05) is 6.07 Å². The molecule has 0 aliphatic heterocycles. The molecular weight excluding hydrogens is 252 g/mol. The molecule has 5 nitrogen and oxygen atoms in total. The highest BCUT2D eigenvalue weighted by atomic mass is 16.3. The van der Waals surface area contributed by atoms with E-state index in [1.54, 1.807) is 0 Å². The van der Waals surface area contributed by atoms with Gasteiger partial charge in [-0.2, -0.15) is 0 Å². The maximum Gasteiger partial charge on any atom is 0.132 e. The average molecular weight is 280 g/mol. The average Bonchev–Trinajstić information content (AvgIpc) is 2.48. The Kier molecular flexibility index (Phi) is 7.95. The SMILES string of the molecule is CCCNc1cc(NCCCC(C)CO)nc(CC)n1. The second kappa shape index (κ2) is 9.53. The molecule has 0 amide bonds. The first-order chi connectivity index (χ1) is 9.69. The Morgan fingerprint density at radius 3 is 2.35 bits per heavy atom. The summed E-state index contributed by atoms with van der Waals surface area (Å²) in [5.41, 5.74) is 0. The van der Waals surface area contributed by atoms with Crippen molar-refractivity contribution in [3.63, 3.8) is 0 Å². The molecular formula is C15H28N4O. The number of aryl methyl sites for hydroxylation is 1. The Balaban J connectivity index is 2.50. The molecule has 3 N–H and O–H groups in total. The van der Waals surface area contributed by atoms with Crippen LogP contribution in [0.1, 0.15) is 45.9 Å². The van der Waals surface area contributed by atoms with Crippen molar-refractivity contribution in [2.24, 2.45) is 5.92 Å². The molecule has 0 aliphatic carbocycles. The molecule has 0 aromatic carbocycles. The van der Waals surface area contributed by atoms with Crippen LogP contribution in [0.15, 0.2) is 6.07 Å². The molecule has 0 fully saturated rings. The van der Waals surface area contributed by atoms with Crippen LogP contribution in [-0.4, -0.2) is 34.8 Å². The van der Waals surface area contributed by atoms with Crippen LogP contribution in [-0.2, 0) is 6.42 Å². The molecule has 0 radical (unpaired) electrons. The van der Waals surface area contributed by atoms with Gasteiger partial charge in [-0.05, 0) is 25.2 Å². The van der Waals surface area contributed by atoms with Gasteiger partial charge in [0.1, 0.15) is 17.5 Å². The van der Waals surface area contributed by atoms with E-state index in [2.05, 4.69) is 41.4 Å². The van der Waals surface area contributed by atoms with Crippen LogP contribution in [0.5, 0.6) is 0 Å². The lowest BCUT2D eigenvalue weighted by atomic mass is 10.1. The molecule has 0 saturated carbocycles. The number of hydrogen-bond donors (Lipinski definition) is 3. The van der Waals surface area contributed by atoms with Gasteiger partial charge in [-0.15, -0.1) is 0 Å². The summed E-state index contributed by atoms with van der Waals surface area (Å²) >= 11 is 0. The summed E-state index contributed by atoms with van der Waals surface area (Å²) in [4.78, 5) is 8.95. The van der Waals surface area contributed by atoms with Gasteiger partial charge in [-0.25, -0.2) is 9.97 Å². The number of hydrogen-bond acceptors (Lipinski definition) is 5. The van der Waals surface area contributed by atoms with Gasteiger partial charge < -0.3 is 15.7 Å². The normalized spacial score (nSPS) is 12.2. The van der Waals surface area contributed by atoms with Gasteiger partial charge in [0.15, 0.2) is 0 Å². The number of nitrogens with zero attached hydrogens (tertiary/aromatic N) is 2. The van der Waals surface area contributed by atoms with Crippen LogP contribution in [0.4, 0.5) is 11.6 Å². The fraction of sp³-hybridized carbons (Fsp3) is 0.733. The fourth-order valence-corrected chi connectivity index (χ4v) is 1.85. The third-order valence-electron chi connectivity index (χ3n) is 3.14. The van der Waals surface area contributed by atoms with Crippen molar-refractivity contribution < 1.29 is 5.11 Å². The number of rotatable bonds is 10. The van der Waals surface area contributed by atoms with Gasteiger partial charge in [0.25, 0.3) is 0 Å². The highest BCUT2D eigenvalue weighted by molar-refractivity contribution is 5.47. The van der Waals surface area contributed by atoms with Gasteiger partial charge in [-0.1, -0.05) is 20.8 Å².